The van der Waals surface area contributed by atoms with Crippen LogP contribution in [-0.4, -0.2) is 45.0 Å². The van der Waals surface area contributed by atoms with Crippen LogP contribution in [0.1, 0.15) is 12.5 Å². The molecule has 114 valence electrons. The van der Waals surface area contributed by atoms with Gasteiger partial charge in [-0.3, -0.25) is 9.59 Å². The van der Waals surface area contributed by atoms with Gasteiger partial charge >= 0.3 is 0 Å². The number of carbonyl (C=O) groups excluding carboxylic acids is 2. The molecule has 6 nitrogen and oxygen atoms in total. The number of nitrogens with one attached hydrogen (secondary N) is 1. The van der Waals surface area contributed by atoms with Crippen LogP contribution >= 0.6 is 0 Å². The number of hydrogen-bond acceptors (Lipinski definition) is 4. The molecule has 21 heavy (non-hydrogen) atoms. The van der Waals surface area contributed by atoms with Gasteiger partial charge in [0.15, 0.2) is 11.5 Å². The van der Waals surface area contributed by atoms with Crippen LogP contribution in [0.15, 0.2) is 23.9 Å². The molecule has 0 fully saturated rings. The second-order valence-corrected chi connectivity index (χ2v) is 4.55. The minimum Gasteiger partial charge on any atom is -0.493 e. The summed E-state index contributed by atoms with van der Waals surface area (Å²) in [5.74, 6) is 0.539. The highest BCUT2D eigenvalue weighted by atomic mass is 16.5. The molecule has 0 saturated carbocycles. The van der Waals surface area contributed by atoms with Gasteiger partial charge in [0.25, 0.3) is 5.91 Å². The van der Waals surface area contributed by atoms with Crippen molar-refractivity contribution in [2.75, 3.05) is 28.3 Å². The number of likely N-dealkylation sites (N-methyl/N-ethyl adjacent to an activating group) is 1. The van der Waals surface area contributed by atoms with E-state index in [1.54, 1.807) is 45.5 Å². The van der Waals surface area contributed by atoms with Crippen molar-refractivity contribution in [2.24, 2.45) is 0 Å². The largest absolute Gasteiger partial charge is 0.493 e. The van der Waals surface area contributed by atoms with Crippen molar-refractivity contribution >= 4 is 17.9 Å². The van der Waals surface area contributed by atoms with Gasteiger partial charge in [-0.15, -0.1) is 0 Å². The van der Waals surface area contributed by atoms with Gasteiger partial charge in [-0.05, 0) is 23.8 Å². The van der Waals surface area contributed by atoms with Gasteiger partial charge in [-0.1, -0.05) is 6.07 Å². The maximum Gasteiger partial charge on any atom is 0.269 e. The zero-order valence-electron chi connectivity index (χ0n) is 12.9. The predicted molar refractivity (Wildman–Crippen MR) is 80.0 cm³/mol. The van der Waals surface area contributed by atoms with Crippen LogP contribution in [0, 0.1) is 0 Å². The summed E-state index contributed by atoms with van der Waals surface area (Å²) >= 11 is 0. The van der Waals surface area contributed by atoms with Crippen LogP contribution in [0.2, 0.25) is 0 Å². The summed E-state index contributed by atoms with van der Waals surface area (Å²) in [6.07, 6.45) is 1.59. The molecular weight excluding hydrogens is 272 g/mol. The molecule has 1 aromatic carbocycles. The lowest BCUT2D eigenvalue weighted by Crippen LogP contribution is -2.33. The predicted octanol–water partition coefficient (Wildman–Crippen LogP) is 1.27. The zero-order valence-corrected chi connectivity index (χ0v) is 12.9. The van der Waals surface area contributed by atoms with E-state index in [2.05, 4.69) is 5.32 Å². The van der Waals surface area contributed by atoms with E-state index in [0.29, 0.717) is 17.1 Å². The number of carbonyl (C=O) groups is 2. The highest BCUT2D eigenvalue weighted by Crippen LogP contribution is 2.28. The van der Waals surface area contributed by atoms with Crippen LogP contribution in [0.5, 0.6) is 11.5 Å². The Morgan fingerprint density at radius 3 is 2.24 bits per heavy atom. The van der Waals surface area contributed by atoms with Gasteiger partial charge in [0.2, 0.25) is 5.91 Å². The van der Waals surface area contributed by atoms with E-state index in [-0.39, 0.29) is 17.5 Å². The minimum absolute atomic E-state index is 0.194. The average Bonchev–Trinajstić information content (AvgIpc) is 2.44. The lowest BCUT2D eigenvalue weighted by molar-refractivity contribution is -0.127. The normalized spacial score (nSPS) is 10.8. The molecule has 0 bridgehead atoms. The van der Waals surface area contributed by atoms with Crippen molar-refractivity contribution < 1.29 is 19.1 Å². The number of ether oxygens (including phenoxy) is 2. The number of benzene rings is 1. The van der Waals surface area contributed by atoms with Gasteiger partial charge in [0.05, 0.1) is 14.2 Å². The summed E-state index contributed by atoms with van der Waals surface area (Å²) in [6, 6.07) is 5.23. The Balaban J connectivity index is 3.20. The molecule has 0 heterocycles. The molecule has 6 heteroatoms. The summed E-state index contributed by atoms with van der Waals surface area (Å²) in [7, 11) is 6.32. The third kappa shape index (κ3) is 4.52. The van der Waals surface area contributed by atoms with Crippen LogP contribution in [-0.2, 0) is 9.59 Å². The van der Waals surface area contributed by atoms with Gasteiger partial charge in [0, 0.05) is 21.0 Å². The lowest BCUT2D eigenvalue weighted by Gasteiger charge is -2.14. The molecule has 0 aliphatic rings. The first kappa shape index (κ1) is 16.6. The van der Waals surface area contributed by atoms with Crippen molar-refractivity contribution in [3.63, 3.8) is 0 Å². The SMILES string of the molecule is COc1ccc(/C=C(\NC(C)=O)C(=O)N(C)C)cc1OC. The Labute approximate surface area is 124 Å². The van der Waals surface area contributed by atoms with Crippen LogP contribution in [0.25, 0.3) is 6.08 Å². The second-order valence-electron chi connectivity index (χ2n) is 4.55. The van der Waals surface area contributed by atoms with Crippen LogP contribution in [0.3, 0.4) is 0 Å². The first-order chi connectivity index (χ1) is 9.88. The molecule has 0 unspecified atom stereocenters. The molecule has 0 spiro atoms. The van der Waals surface area contributed by atoms with E-state index in [1.807, 2.05) is 0 Å². The number of rotatable bonds is 5. The fraction of sp³-hybridized carbons (Fsp3) is 0.333. The summed E-state index contributed by atoms with van der Waals surface area (Å²) in [4.78, 5) is 24.7. The van der Waals surface area contributed by atoms with Crippen molar-refractivity contribution in [3.05, 3.63) is 29.5 Å². The minimum atomic E-state index is -0.308. The van der Waals surface area contributed by atoms with E-state index in [1.165, 1.54) is 18.9 Å². The third-order valence-corrected chi connectivity index (χ3v) is 2.67. The molecule has 0 radical (unpaired) electrons. The highest BCUT2D eigenvalue weighted by Gasteiger charge is 2.13. The average molecular weight is 292 g/mol. The Bertz CT molecular complexity index is 565. The smallest absolute Gasteiger partial charge is 0.269 e. The maximum absolute atomic E-state index is 12.0. The molecule has 1 aromatic rings. The molecule has 0 aromatic heterocycles. The number of nitrogens with zero attached hydrogens (tertiary/aromatic N) is 1. The maximum atomic E-state index is 12.0. The Morgan fingerprint density at radius 1 is 1.14 bits per heavy atom. The monoisotopic (exact) mass is 292 g/mol. The summed E-state index contributed by atoms with van der Waals surface area (Å²) in [6.45, 7) is 1.35. The van der Waals surface area contributed by atoms with Crippen LogP contribution < -0.4 is 14.8 Å². The van der Waals surface area contributed by atoms with Crippen molar-refractivity contribution in [1.82, 2.24) is 10.2 Å². The Kier molecular flexibility index (Phi) is 5.78. The van der Waals surface area contributed by atoms with E-state index in [0.717, 1.165) is 0 Å². The highest BCUT2D eigenvalue weighted by molar-refractivity contribution is 6.00. The topological polar surface area (TPSA) is 67.9 Å². The molecule has 1 N–H and O–H groups in total. The van der Waals surface area contributed by atoms with Crippen molar-refractivity contribution in [3.8, 4) is 11.5 Å². The zero-order chi connectivity index (χ0) is 16.0. The quantitative estimate of drug-likeness (QED) is 0.830. The molecule has 1 rings (SSSR count). The number of hydrogen-bond donors (Lipinski definition) is 1. The number of methoxy groups -OCH3 is 2. The first-order valence-electron chi connectivity index (χ1n) is 6.32. The number of amides is 2. The molecular formula is C15H20N2O4. The summed E-state index contributed by atoms with van der Waals surface area (Å²) in [5, 5.41) is 2.53. The lowest BCUT2D eigenvalue weighted by atomic mass is 10.1. The van der Waals surface area contributed by atoms with Gasteiger partial charge in [-0.25, -0.2) is 0 Å². The van der Waals surface area contributed by atoms with Crippen molar-refractivity contribution in [2.45, 2.75) is 6.92 Å². The van der Waals surface area contributed by atoms with Gasteiger partial charge in [0.1, 0.15) is 5.70 Å². The van der Waals surface area contributed by atoms with Crippen molar-refractivity contribution in [1.29, 1.82) is 0 Å². The van der Waals surface area contributed by atoms with E-state index >= 15 is 0 Å². The van der Waals surface area contributed by atoms with E-state index in [9.17, 15) is 9.59 Å². The van der Waals surface area contributed by atoms with E-state index < -0.39 is 0 Å². The summed E-state index contributed by atoms with van der Waals surface area (Å²) < 4.78 is 10.4. The second kappa shape index (κ2) is 7.33. The van der Waals surface area contributed by atoms with Gasteiger partial charge < -0.3 is 19.7 Å². The molecule has 2 amide bonds. The fourth-order valence-corrected chi connectivity index (χ4v) is 1.69. The molecule has 0 atom stereocenters. The Morgan fingerprint density at radius 2 is 1.76 bits per heavy atom. The molecule has 0 aliphatic heterocycles. The standard InChI is InChI=1S/C15H20N2O4/c1-10(18)16-12(15(19)17(2)3)8-11-6-7-13(20-4)14(9-11)21-5/h6-9H,1-5H3,(H,16,18)/b12-8-. The molecule has 0 aliphatic carbocycles. The Hall–Kier alpha value is -2.50. The van der Waals surface area contributed by atoms with Gasteiger partial charge in [-0.2, -0.15) is 0 Å². The third-order valence-electron chi connectivity index (χ3n) is 2.67. The van der Waals surface area contributed by atoms with E-state index in [4.69, 9.17) is 9.47 Å². The van der Waals surface area contributed by atoms with Crippen LogP contribution in [0.4, 0.5) is 0 Å². The molecule has 0 saturated heterocycles. The fourth-order valence-electron chi connectivity index (χ4n) is 1.69. The summed E-state index contributed by atoms with van der Waals surface area (Å²) in [5.41, 5.74) is 0.909. The first-order valence-corrected chi connectivity index (χ1v) is 6.32.